The van der Waals surface area contributed by atoms with E-state index >= 15 is 4.39 Å². The summed E-state index contributed by atoms with van der Waals surface area (Å²) in [5, 5.41) is 15.8. The average Bonchev–Trinajstić information content (AvgIpc) is 3.28. The number of carbonyl (C=O) groups excluding carboxylic acids is 2. The molecule has 3 unspecified atom stereocenters. The Morgan fingerprint density at radius 3 is 2.56 bits per heavy atom. The van der Waals surface area contributed by atoms with Gasteiger partial charge in [0, 0.05) is 47.4 Å². The van der Waals surface area contributed by atoms with Crippen LogP contribution >= 0.6 is 0 Å². The van der Waals surface area contributed by atoms with Gasteiger partial charge < -0.3 is 20.0 Å². The molecule has 1 fully saturated rings. The molecule has 0 radical (unpaired) electrons. The number of rotatable bonds is 6. The smallest absolute Gasteiger partial charge is 0.336 e. The molecular weight excluding hydrogens is 442 g/mol. The van der Waals surface area contributed by atoms with Crippen molar-refractivity contribution in [1.82, 2.24) is 10.3 Å². The number of aliphatic carboxylic acids is 1. The summed E-state index contributed by atoms with van der Waals surface area (Å²) in [7, 11) is 0. The van der Waals surface area contributed by atoms with Crippen LogP contribution in [0.3, 0.4) is 0 Å². The third-order valence-corrected chi connectivity index (χ3v) is 6.85. The number of halogens is 2. The van der Waals surface area contributed by atoms with Crippen LogP contribution in [0.25, 0.3) is 0 Å². The Labute approximate surface area is 197 Å². The van der Waals surface area contributed by atoms with E-state index in [4.69, 9.17) is 4.74 Å². The molecule has 0 saturated heterocycles. The Morgan fingerprint density at radius 1 is 1.18 bits per heavy atom. The third-order valence-electron chi connectivity index (χ3n) is 6.85. The maximum absolute atomic E-state index is 15.1. The normalized spacial score (nSPS) is 25.2. The number of carboxylic acid groups (broad SMARTS) is 1. The monoisotopic (exact) mass is 469 g/mol. The molecule has 4 rings (SSSR count). The lowest BCUT2D eigenvalue weighted by molar-refractivity contribution is -0.314. The second-order valence-corrected chi connectivity index (χ2v) is 9.31. The number of nitrogens with zero attached hydrogens (tertiary/aromatic N) is 1. The topological polar surface area (TPSA) is 91.4 Å². The third kappa shape index (κ3) is 4.54. The number of benzene rings is 1. The maximum Gasteiger partial charge on any atom is 0.336 e. The summed E-state index contributed by atoms with van der Waals surface area (Å²) in [5.41, 5.74) is -0.498. The molecular formula is C26H27F2N2O4-. The highest BCUT2D eigenvalue weighted by atomic mass is 19.2. The van der Waals surface area contributed by atoms with E-state index in [1.165, 1.54) is 12.1 Å². The minimum atomic E-state index is -1.49. The summed E-state index contributed by atoms with van der Waals surface area (Å²) in [6, 6.07) is 8.83. The summed E-state index contributed by atoms with van der Waals surface area (Å²) < 4.78 is 35.0. The second kappa shape index (κ2) is 9.52. The van der Waals surface area contributed by atoms with E-state index in [1.54, 1.807) is 38.2 Å². The van der Waals surface area contributed by atoms with Gasteiger partial charge in [-0.05, 0) is 63.3 Å². The Hall–Kier alpha value is -3.29. The molecule has 1 aliphatic heterocycles. The zero-order valence-electron chi connectivity index (χ0n) is 19.1. The first-order valence-corrected chi connectivity index (χ1v) is 11.5. The number of pyridine rings is 1. The van der Waals surface area contributed by atoms with Crippen molar-refractivity contribution in [2.24, 2.45) is 5.92 Å². The van der Waals surface area contributed by atoms with E-state index in [-0.39, 0.29) is 23.7 Å². The number of hydrogen-bond acceptors (Lipinski definition) is 6. The van der Waals surface area contributed by atoms with Crippen LogP contribution in [-0.4, -0.2) is 28.6 Å². The standard InChI is InChI=1S/C26H28F2N2O4/c1-15-20(25(33)34-17-9-3-4-10-17)21(18-11-7-12-19(27)23(18)28)22(24(31)32)26(2,30-15)14-16-8-5-6-13-29-16/h5-8,11-13,17,21-22,30H,3-4,9-10,14H2,1-2H3,(H,31,32)/p-1. The summed E-state index contributed by atoms with van der Waals surface area (Å²) >= 11 is 0. The van der Waals surface area contributed by atoms with Crippen molar-refractivity contribution >= 4 is 11.9 Å². The zero-order chi connectivity index (χ0) is 24.5. The van der Waals surface area contributed by atoms with Gasteiger partial charge in [-0.15, -0.1) is 0 Å². The molecule has 1 saturated carbocycles. The largest absolute Gasteiger partial charge is 0.550 e. The molecule has 3 atom stereocenters. The average molecular weight is 470 g/mol. The first-order valence-electron chi connectivity index (χ1n) is 11.5. The maximum atomic E-state index is 15.1. The van der Waals surface area contributed by atoms with Gasteiger partial charge in [0.15, 0.2) is 11.6 Å². The summed E-state index contributed by atoms with van der Waals surface area (Å²) in [4.78, 5) is 30.2. The van der Waals surface area contributed by atoms with Crippen LogP contribution < -0.4 is 10.4 Å². The lowest BCUT2D eigenvalue weighted by Crippen LogP contribution is -2.61. The predicted octanol–water partition coefficient (Wildman–Crippen LogP) is 3.17. The number of allylic oxidation sites excluding steroid dienone is 1. The van der Waals surface area contributed by atoms with E-state index < -0.39 is 40.9 Å². The fraction of sp³-hybridized carbons (Fsp3) is 0.423. The van der Waals surface area contributed by atoms with Gasteiger partial charge in [-0.3, -0.25) is 4.98 Å². The van der Waals surface area contributed by atoms with Crippen molar-refractivity contribution in [1.29, 1.82) is 0 Å². The van der Waals surface area contributed by atoms with Gasteiger partial charge in [0.25, 0.3) is 0 Å². The minimum absolute atomic E-state index is 0.0240. The van der Waals surface area contributed by atoms with E-state index in [2.05, 4.69) is 10.3 Å². The highest BCUT2D eigenvalue weighted by molar-refractivity contribution is 5.93. The molecule has 2 aromatic rings. The number of carboxylic acids is 1. The van der Waals surface area contributed by atoms with Gasteiger partial charge in [0.1, 0.15) is 6.10 Å². The molecule has 2 aliphatic rings. The number of nitrogens with one attached hydrogen (secondary N) is 1. The number of carbonyl (C=O) groups is 2. The summed E-state index contributed by atoms with van der Waals surface area (Å²) in [6.45, 7) is 3.28. The van der Waals surface area contributed by atoms with Gasteiger partial charge >= 0.3 is 5.97 Å². The molecule has 0 amide bonds. The minimum Gasteiger partial charge on any atom is -0.550 e. The van der Waals surface area contributed by atoms with Gasteiger partial charge in [0.05, 0.1) is 5.57 Å². The molecule has 2 heterocycles. The van der Waals surface area contributed by atoms with Crippen molar-refractivity contribution in [2.45, 2.75) is 63.5 Å². The van der Waals surface area contributed by atoms with Crippen LogP contribution in [0.5, 0.6) is 0 Å². The van der Waals surface area contributed by atoms with E-state index in [9.17, 15) is 19.1 Å². The Balaban J connectivity index is 1.85. The molecule has 8 heteroatoms. The molecule has 1 aromatic carbocycles. The second-order valence-electron chi connectivity index (χ2n) is 9.31. The molecule has 0 spiro atoms. The van der Waals surface area contributed by atoms with Gasteiger partial charge in [-0.2, -0.15) is 0 Å². The van der Waals surface area contributed by atoms with Gasteiger partial charge in [-0.25, -0.2) is 13.6 Å². The fourth-order valence-corrected chi connectivity index (χ4v) is 5.37. The van der Waals surface area contributed by atoms with Gasteiger partial charge in [0.2, 0.25) is 0 Å². The van der Waals surface area contributed by atoms with Crippen LogP contribution in [0.2, 0.25) is 0 Å². The molecule has 1 aromatic heterocycles. The van der Waals surface area contributed by atoms with Crippen molar-refractivity contribution in [3.63, 3.8) is 0 Å². The molecule has 34 heavy (non-hydrogen) atoms. The fourth-order valence-electron chi connectivity index (χ4n) is 5.37. The van der Waals surface area contributed by atoms with Crippen LogP contribution in [0.4, 0.5) is 8.78 Å². The molecule has 1 N–H and O–H groups in total. The molecule has 6 nitrogen and oxygen atoms in total. The van der Waals surface area contributed by atoms with Crippen LogP contribution in [0.1, 0.15) is 56.7 Å². The van der Waals surface area contributed by atoms with Crippen molar-refractivity contribution in [3.05, 3.63) is 76.8 Å². The quantitative estimate of drug-likeness (QED) is 0.654. The summed E-state index contributed by atoms with van der Waals surface area (Å²) in [6.07, 6.45) is 4.75. The number of hydrogen-bond donors (Lipinski definition) is 1. The SMILES string of the molecule is CC1=C(C(=O)OC2CCCC2)C(c2cccc(F)c2F)C(C(=O)[O-])C(C)(Cc2ccccn2)N1. The van der Waals surface area contributed by atoms with Crippen LogP contribution in [0, 0.1) is 17.6 Å². The number of aromatic nitrogens is 1. The van der Waals surface area contributed by atoms with E-state index in [1.807, 2.05) is 0 Å². The highest BCUT2D eigenvalue weighted by Crippen LogP contribution is 2.46. The zero-order valence-corrected chi connectivity index (χ0v) is 19.1. The Bertz CT molecular complexity index is 1120. The van der Waals surface area contributed by atoms with Crippen molar-refractivity contribution in [2.75, 3.05) is 0 Å². The van der Waals surface area contributed by atoms with E-state index in [0.29, 0.717) is 24.2 Å². The lowest BCUT2D eigenvalue weighted by atomic mass is 9.66. The van der Waals surface area contributed by atoms with Crippen molar-refractivity contribution < 1.29 is 28.2 Å². The van der Waals surface area contributed by atoms with Gasteiger partial charge in [-0.1, -0.05) is 18.2 Å². The highest BCUT2D eigenvalue weighted by Gasteiger charge is 2.50. The first-order chi connectivity index (χ1) is 16.2. The van der Waals surface area contributed by atoms with Crippen LogP contribution in [-0.2, 0) is 20.7 Å². The van der Waals surface area contributed by atoms with Crippen molar-refractivity contribution in [3.8, 4) is 0 Å². The lowest BCUT2D eigenvalue weighted by Gasteiger charge is -2.48. The van der Waals surface area contributed by atoms with Crippen LogP contribution in [0.15, 0.2) is 53.9 Å². The Morgan fingerprint density at radius 2 is 1.91 bits per heavy atom. The van der Waals surface area contributed by atoms with E-state index in [0.717, 1.165) is 18.9 Å². The molecule has 1 aliphatic carbocycles. The molecule has 180 valence electrons. The number of ether oxygens (including phenoxy) is 1. The number of esters is 1. The predicted molar refractivity (Wildman–Crippen MR) is 118 cm³/mol. The first kappa shape index (κ1) is 23.9. The molecule has 0 bridgehead atoms. The summed E-state index contributed by atoms with van der Waals surface area (Å²) in [5.74, 6) is -7.26. The Kier molecular flexibility index (Phi) is 6.68.